The molecule has 21 heavy (non-hydrogen) atoms. The first kappa shape index (κ1) is 13.8. The Morgan fingerprint density at radius 2 is 2.19 bits per heavy atom. The Kier molecular flexibility index (Phi) is 4.01. The second-order valence-electron chi connectivity index (χ2n) is 5.08. The van der Waals surface area contributed by atoms with E-state index in [2.05, 4.69) is 21.7 Å². The molecule has 1 aliphatic heterocycles. The number of aromatic nitrogens is 2. The zero-order valence-electron chi connectivity index (χ0n) is 12.1. The molecule has 0 bridgehead atoms. The molecule has 0 saturated carbocycles. The number of carbonyl (C=O) groups excluding carboxylic acids is 1. The van der Waals surface area contributed by atoms with Crippen molar-refractivity contribution in [3.63, 3.8) is 0 Å². The SMILES string of the molecule is CCOCC(=O)N1Cc2nccn2C[C@H]1c1ccccc1. The van der Waals surface area contributed by atoms with Gasteiger partial charge in [-0.1, -0.05) is 30.3 Å². The van der Waals surface area contributed by atoms with Crippen LogP contribution in [0.3, 0.4) is 0 Å². The van der Waals surface area contributed by atoms with Crippen LogP contribution in [0.5, 0.6) is 0 Å². The lowest BCUT2D eigenvalue weighted by molar-refractivity contribution is -0.140. The van der Waals surface area contributed by atoms with Crippen molar-refractivity contribution in [2.24, 2.45) is 0 Å². The minimum atomic E-state index is 0.0138. The molecule has 0 fully saturated rings. The fourth-order valence-corrected chi connectivity index (χ4v) is 2.70. The van der Waals surface area contributed by atoms with Gasteiger partial charge in [-0.15, -0.1) is 0 Å². The number of fused-ring (bicyclic) bond motifs is 1. The summed E-state index contributed by atoms with van der Waals surface area (Å²) >= 11 is 0. The van der Waals surface area contributed by atoms with E-state index in [9.17, 15) is 4.79 Å². The minimum Gasteiger partial charge on any atom is -0.372 e. The number of benzene rings is 1. The van der Waals surface area contributed by atoms with Gasteiger partial charge >= 0.3 is 0 Å². The molecule has 0 saturated heterocycles. The van der Waals surface area contributed by atoms with Gasteiger partial charge in [0.15, 0.2) is 0 Å². The van der Waals surface area contributed by atoms with Gasteiger partial charge in [-0.25, -0.2) is 4.98 Å². The van der Waals surface area contributed by atoms with Crippen LogP contribution in [0.2, 0.25) is 0 Å². The summed E-state index contributed by atoms with van der Waals surface area (Å²) in [6.07, 6.45) is 3.75. The highest BCUT2D eigenvalue weighted by atomic mass is 16.5. The maximum Gasteiger partial charge on any atom is 0.249 e. The zero-order valence-corrected chi connectivity index (χ0v) is 12.1. The monoisotopic (exact) mass is 285 g/mol. The zero-order chi connectivity index (χ0) is 14.7. The van der Waals surface area contributed by atoms with Gasteiger partial charge in [-0.3, -0.25) is 4.79 Å². The van der Waals surface area contributed by atoms with Crippen molar-refractivity contribution in [1.29, 1.82) is 0 Å². The molecule has 2 heterocycles. The van der Waals surface area contributed by atoms with Crippen LogP contribution in [0.1, 0.15) is 24.4 Å². The van der Waals surface area contributed by atoms with E-state index >= 15 is 0 Å². The summed E-state index contributed by atoms with van der Waals surface area (Å²) in [5, 5.41) is 0. The summed E-state index contributed by atoms with van der Waals surface area (Å²) in [5.74, 6) is 0.937. The predicted molar refractivity (Wildman–Crippen MR) is 78.5 cm³/mol. The molecule has 0 unspecified atom stereocenters. The van der Waals surface area contributed by atoms with Crippen molar-refractivity contribution in [2.75, 3.05) is 13.2 Å². The van der Waals surface area contributed by atoms with Crippen LogP contribution in [-0.4, -0.2) is 33.6 Å². The molecular formula is C16H19N3O2. The van der Waals surface area contributed by atoms with Gasteiger partial charge < -0.3 is 14.2 Å². The van der Waals surface area contributed by atoms with Crippen molar-refractivity contribution in [3.8, 4) is 0 Å². The summed E-state index contributed by atoms with van der Waals surface area (Å²) in [6.45, 7) is 3.82. The van der Waals surface area contributed by atoms with E-state index in [0.717, 1.165) is 17.9 Å². The van der Waals surface area contributed by atoms with Gasteiger partial charge in [0.2, 0.25) is 5.91 Å². The number of carbonyl (C=O) groups is 1. The highest BCUT2D eigenvalue weighted by Crippen LogP contribution is 2.29. The molecule has 1 aliphatic rings. The molecule has 110 valence electrons. The lowest BCUT2D eigenvalue weighted by Gasteiger charge is -2.36. The third-order valence-electron chi connectivity index (χ3n) is 3.79. The second-order valence-corrected chi connectivity index (χ2v) is 5.08. The van der Waals surface area contributed by atoms with Crippen molar-refractivity contribution in [3.05, 3.63) is 54.1 Å². The molecule has 5 heteroatoms. The fraction of sp³-hybridized carbons (Fsp3) is 0.375. The van der Waals surface area contributed by atoms with Crippen LogP contribution in [0.4, 0.5) is 0 Å². The standard InChI is InChI=1S/C16H19N3O2/c1-2-21-12-16(20)19-11-15-17-8-9-18(15)10-14(19)13-6-4-3-5-7-13/h3-9,14H,2,10-12H2,1H3/t14-/m0/s1. The number of ether oxygens (including phenoxy) is 1. The molecule has 5 nitrogen and oxygen atoms in total. The Hall–Kier alpha value is -2.14. The quantitative estimate of drug-likeness (QED) is 0.863. The number of amides is 1. The number of nitrogens with zero attached hydrogens (tertiary/aromatic N) is 3. The average molecular weight is 285 g/mol. The van der Waals surface area contributed by atoms with E-state index in [1.807, 2.05) is 36.2 Å². The van der Waals surface area contributed by atoms with Gasteiger partial charge in [0, 0.05) is 25.5 Å². The second kappa shape index (κ2) is 6.10. The number of hydrogen-bond acceptors (Lipinski definition) is 3. The van der Waals surface area contributed by atoms with E-state index in [0.29, 0.717) is 13.2 Å². The minimum absolute atomic E-state index is 0.0138. The molecule has 3 rings (SSSR count). The maximum absolute atomic E-state index is 12.4. The number of imidazole rings is 1. The van der Waals surface area contributed by atoms with Crippen LogP contribution >= 0.6 is 0 Å². The molecule has 1 amide bonds. The summed E-state index contributed by atoms with van der Waals surface area (Å²) < 4.78 is 7.40. The molecular weight excluding hydrogens is 266 g/mol. The van der Waals surface area contributed by atoms with Crippen molar-refractivity contribution >= 4 is 5.91 Å². The molecule has 0 spiro atoms. The highest BCUT2D eigenvalue weighted by Gasteiger charge is 2.31. The van der Waals surface area contributed by atoms with Crippen molar-refractivity contribution in [2.45, 2.75) is 26.1 Å². The normalized spacial score (nSPS) is 17.6. The van der Waals surface area contributed by atoms with Crippen LogP contribution in [0.15, 0.2) is 42.7 Å². The fourth-order valence-electron chi connectivity index (χ4n) is 2.70. The number of hydrogen-bond donors (Lipinski definition) is 0. The van der Waals surface area contributed by atoms with Gasteiger partial charge in [-0.2, -0.15) is 0 Å². The van der Waals surface area contributed by atoms with Gasteiger partial charge in [0.25, 0.3) is 0 Å². The van der Waals surface area contributed by atoms with E-state index in [4.69, 9.17) is 4.74 Å². The number of rotatable bonds is 4. The van der Waals surface area contributed by atoms with E-state index < -0.39 is 0 Å². The van der Waals surface area contributed by atoms with Gasteiger partial charge in [-0.05, 0) is 12.5 Å². The van der Waals surface area contributed by atoms with Crippen molar-refractivity contribution in [1.82, 2.24) is 14.5 Å². The molecule has 1 aromatic heterocycles. The summed E-state index contributed by atoms with van der Waals surface area (Å²) in [5.41, 5.74) is 1.14. The molecule has 0 N–H and O–H groups in total. The Morgan fingerprint density at radius 3 is 2.95 bits per heavy atom. The maximum atomic E-state index is 12.4. The lowest BCUT2D eigenvalue weighted by Crippen LogP contribution is -2.42. The van der Waals surface area contributed by atoms with Gasteiger partial charge in [0.05, 0.1) is 12.6 Å². The Balaban J connectivity index is 1.89. The Bertz CT molecular complexity index is 609. The smallest absolute Gasteiger partial charge is 0.249 e. The first-order valence-electron chi connectivity index (χ1n) is 7.21. The van der Waals surface area contributed by atoms with E-state index in [1.165, 1.54) is 0 Å². The average Bonchev–Trinajstić information content (AvgIpc) is 2.99. The first-order chi connectivity index (χ1) is 10.3. The van der Waals surface area contributed by atoms with E-state index in [1.54, 1.807) is 6.20 Å². The van der Waals surface area contributed by atoms with Crippen LogP contribution in [0, 0.1) is 0 Å². The van der Waals surface area contributed by atoms with Gasteiger partial charge in [0.1, 0.15) is 12.4 Å². The van der Waals surface area contributed by atoms with Crippen LogP contribution < -0.4 is 0 Å². The topological polar surface area (TPSA) is 47.4 Å². The third kappa shape index (κ3) is 2.83. The van der Waals surface area contributed by atoms with E-state index in [-0.39, 0.29) is 18.6 Å². The first-order valence-corrected chi connectivity index (χ1v) is 7.21. The molecule has 0 radical (unpaired) electrons. The highest BCUT2D eigenvalue weighted by molar-refractivity contribution is 5.78. The van der Waals surface area contributed by atoms with Crippen molar-refractivity contribution < 1.29 is 9.53 Å². The molecule has 0 aliphatic carbocycles. The Morgan fingerprint density at radius 1 is 1.38 bits per heavy atom. The van der Waals surface area contributed by atoms with Crippen LogP contribution in [0.25, 0.3) is 0 Å². The molecule has 2 aromatic rings. The lowest BCUT2D eigenvalue weighted by atomic mass is 10.0. The third-order valence-corrected chi connectivity index (χ3v) is 3.79. The van der Waals surface area contributed by atoms with Crippen LogP contribution in [-0.2, 0) is 22.6 Å². The summed E-state index contributed by atoms with van der Waals surface area (Å²) in [6, 6.07) is 10.1. The predicted octanol–water partition coefficient (Wildman–Crippen LogP) is 2.00. The Labute approximate surface area is 124 Å². The summed E-state index contributed by atoms with van der Waals surface area (Å²) in [7, 11) is 0. The summed E-state index contributed by atoms with van der Waals surface area (Å²) in [4.78, 5) is 18.6. The molecule has 1 atom stereocenters. The largest absolute Gasteiger partial charge is 0.372 e. The molecule has 1 aromatic carbocycles.